The van der Waals surface area contributed by atoms with Crippen LogP contribution in [-0.2, 0) is 9.59 Å². The van der Waals surface area contributed by atoms with Crippen molar-refractivity contribution in [2.24, 2.45) is 5.92 Å². The summed E-state index contributed by atoms with van der Waals surface area (Å²) in [6.45, 7) is 6.95. The fourth-order valence-electron chi connectivity index (χ4n) is 6.21. The molecule has 1 aliphatic heterocycles. The summed E-state index contributed by atoms with van der Waals surface area (Å²) in [4.78, 5) is 28.7. The Labute approximate surface area is 262 Å². The molecule has 0 bridgehead atoms. The molecule has 2 N–H and O–H groups in total. The smallest absolute Gasteiger partial charge is 0.232 e. The number of nitrogens with one attached hydrogen (secondary N) is 2. The lowest BCUT2D eigenvalue weighted by atomic mass is 9.89. The molecule has 2 amide bonds. The van der Waals surface area contributed by atoms with Gasteiger partial charge in [0.2, 0.25) is 11.8 Å². The predicted molar refractivity (Wildman–Crippen MR) is 180 cm³/mol. The lowest BCUT2D eigenvalue weighted by molar-refractivity contribution is -0.122. The van der Waals surface area contributed by atoms with E-state index in [2.05, 4.69) is 45.9 Å². The van der Waals surface area contributed by atoms with Gasteiger partial charge < -0.3 is 15.5 Å². The minimum Gasteiger partial charge on any atom is -0.348 e. The number of piperidine rings is 1. The molecule has 44 heavy (non-hydrogen) atoms. The molecule has 0 saturated carbocycles. The van der Waals surface area contributed by atoms with Crippen molar-refractivity contribution in [3.63, 3.8) is 0 Å². The van der Waals surface area contributed by atoms with E-state index in [0.717, 1.165) is 67.7 Å². The topological polar surface area (TPSA) is 61.4 Å². The third kappa shape index (κ3) is 8.45. The fourth-order valence-corrected chi connectivity index (χ4v) is 6.21. The van der Waals surface area contributed by atoms with Crippen LogP contribution in [0.2, 0.25) is 0 Å². The lowest BCUT2D eigenvalue weighted by Crippen LogP contribution is -2.36. The van der Waals surface area contributed by atoms with Crippen LogP contribution in [0.4, 0.5) is 5.69 Å². The van der Waals surface area contributed by atoms with Crippen LogP contribution >= 0.6 is 0 Å². The molecule has 1 heterocycles. The molecular weight excluding hydrogens is 542 g/mol. The number of nitrogens with zero attached hydrogens (tertiary/aromatic N) is 1. The van der Waals surface area contributed by atoms with E-state index in [4.69, 9.17) is 0 Å². The van der Waals surface area contributed by atoms with Gasteiger partial charge in [0.25, 0.3) is 0 Å². The van der Waals surface area contributed by atoms with Crippen LogP contribution in [0.25, 0.3) is 0 Å². The van der Waals surface area contributed by atoms with E-state index in [0.29, 0.717) is 5.92 Å². The second-order valence-corrected chi connectivity index (χ2v) is 12.3. The van der Waals surface area contributed by atoms with E-state index >= 15 is 0 Å². The summed E-state index contributed by atoms with van der Waals surface area (Å²) >= 11 is 0. The average Bonchev–Trinajstić information content (AvgIpc) is 3.06. The van der Waals surface area contributed by atoms with Gasteiger partial charge in [0.05, 0.1) is 12.0 Å². The minimum atomic E-state index is -0.361. The summed E-state index contributed by atoms with van der Waals surface area (Å²) in [7, 11) is 0. The van der Waals surface area contributed by atoms with Gasteiger partial charge in [0.1, 0.15) is 0 Å². The van der Waals surface area contributed by atoms with Crippen LogP contribution in [0.15, 0.2) is 115 Å². The van der Waals surface area contributed by atoms with Gasteiger partial charge in [0.15, 0.2) is 0 Å². The molecule has 0 aromatic heterocycles. The van der Waals surface area contributed by atoms with Crippen LogP contribution in [-0.4, -0.2) is 36.3 Å². The fraction of sp³-hybridized carbons (Fsp3) is 0.333. The Balaban J connectivity index is 1.19. The third-order valence-electron chi connectivity index (χ3n) is 8.75. The molecule has 0 spiro atoms. The molecule has 5 nitrogen and oxygen atoms in total. The number of carbonyl (C=O) groups is 2. The second kappa shape index (κ2) is 15.5. The first-order valence-corrected chi connectivity index (χ1v) is 16.1. The maximum Gasteiger partial charge on any atom is 0.232 e. The predicted octanol–water partition coefficient (Wildman–Crippen LogP) is 7.93. The molecule has 5 rings (SSSR count). The highest BCUT2D eigenvalue weighted by molar-refractivity contribution is 5.92. The molecule has 1 unspecified atom stereocenters. The van der Waals surface area contributed by atoms with Crippen molar-refractivity contribution in [3.8, 4) is 0 Å². The maximum absolute atomic E-state index is 13.9. The molecule has 1 aliphatic rings. The highest BCUT2D eigenvalue weighted by atomic mass is 16.2. The number of hydrogen-bond donors (Lipinski definition) is 2. The van der Waals surface area contributed by atoms with Gasteiger partial charge in [-0.2, -0.15) is 0 Å². The van der Waals surface area contributed by atoms with Crippen molar-refractivity contribution in [1.29, 1.82) is 0 Å². The molecule has 0 radical (unpaired) electrons. The van der Waals surface area contributed by atoms with Crippen molar-refractivity contribution in [2.45, 2.75) is 57.4 Å². The summed E-state index contributed by atoms with van der Waals surface area (Å²) in [5.74, 6) is 0.193. The highest BCUT2D eigenvalue weighted by Crippen LogP contribution is 2.31. The van der Waals surface area contributed by atoms with Crippen molar-refractivity contribution in [2.75, 3.05) is 25.0 Å². The molecule has 228 valence electrons. The molecular formula is C39H45N3O2. The zero-order valence-corrected chi connectivity index (χ0v) is 26.0. The monoisotopic (exact) mass is 587 g/mol. The minimum absolute atomic E-state index is 0.0314. The van der Waals surface area contributed by atoms with Crippen LogP contribution in [0.1, 0.15) is 79.7 Å². The summed E-state index contributed by atoms with van der Waals surface area (Å²) < 4.78 is 0. The normalized spacial score (nSPS) is 14.8. The van der Waals surface area contributed by atoms with Gasteiger partial charge in [-0.25, -0.2) is 0 Å². The molecule has 4 aromatic carbocycles. The van der Waals surface area contributed by atoms with Gasteiger partial charge in [0, 0.05) is 11.6 Å². The number of carbonyl (C=O) groups excluding carboxylic acids is 2. The zero-order valence-electron chi connectivity index (χ0n) is 26.0. The van der Waals surface area contributed by atoms with E-state index in [-0.39, 0.29) is 29.7 Å². The summed E-state index contributed by atoms with van der Waals surface area (Å²) in [6.07, 6.45) is 4.10. The molecule has 4 aromatic rings. The Morgan fingerprint density at radius 3 is 1.86 bits per heavy atom. The third-order valence-corrected chi connectivity index (χ3v) is 8.75. The van der Waals surface area contributed by atoms with Crippen molar-refractivity contribution < 1.29 is 9.59 Å². The summed E-state index contributed by atoms with van der Waals surface area (Å²) in [5, 5.41) is 6.48. The first kappa shape index (κ1) is 31.2. The van der Waals surface area contributed by atoms with Gasteiger partial charge in [-0.05, 0) is 85.6 Å². The summed E-state index contributed by atoms with van der Waals surface area (Å²) in [6, 6.07) is 38.8. The van der Waals surface area contributed by atoms with Crippen LogP contribution < -0.4 is 10.6 Å². The molecule has 1 saturated heterocycles. The van der Waals surface area contributed by atoms with Crippen molar-refractivity contribution in [3.05, 3.63) is 138 Å². The number of anilines is 1. The Bertz CT molecular complexity index is 1430. The van der Waals surface area contributed by atoms with E-state index in [1.165, 1.54) is 5.56 Å². The first-order chi connectivity index (χ1) is 21.5. The molecule has 5 heteroatoms. The van der Waals surface area contributed by atoms with Crippen molar-refractivity contribution >= 4 is 17.5 Å². The molecule has 1 atom stereocenters. The van der Waals surface area contributed by atoms with Crippen LogP contribution in [0.5, 0.6) is 0 Å². The highest BCUT2D eigenvalue weighted by Gasteiger charge is 2.26. The number of hydrogen-bond acceptors (Lipinski definition) is 3. The maximum atomic E-state index is 13.9. The quantitative estimate of drug-likeness (QED) is 0.177. The van der Waals surface area contributed by atoms with E-state index < -0.39 is 0 Å². The Morgan fingerprint density at radius 2 is 1.30 bits per heavy atom. The van der Waals surface area contributed by atoms with E-state index in [1.807, 2.05) is 98.8 Å². The number of amides is 2. The van der Waals surface area contributed by atoms with Crippen LogP contribution in [0.3, 0.4) is 0 Å². The Kier molecular flexibility index (Phi) is 11.0. The lowest BCUT2D eigenvalue weighted by Gasteiger charge is -2.33. The Hall–Kier alpha value is -4.22. The SMILES string of the molecule is CC(C)C(=O)Nc1cccc(C2CCN(CCCC(NC(=O)C(c3ccccc3)c3ccccc3)c3ccccc3)CC2)c1. The molecule has 0 aliphatic carbocycles. The van der Waals surface area contributed by atoms with Crippen molar-refractivity contribution in [1.82, 2.24) is 10.2 Å². The van der Waals surface area contributed by atoms with Gasteiger partial charge in [-0.1, -0.05) is 117 Å². The van der Waals surface area contributed by atoms with Gasteiger partial charge in [-0.3, -0.25) is 9.59 Å². The number of rotatable bonds is 12. The number of benzene rings is 4. The number of likely N-dealkylation sites (tertiary alicyclic amines) is 1. The largest absolute Gasteiger partial charge is 0.348 e. The standard InChI is InChI=1S/C39H45N3O2/c1-29(2)38(43)40-35-21-12-20-34(28-35)30-23-26-42(27-24-30)25-13-22-36(31-14-6-3-7-15-31)41-39(44)37(32-16-8-4-9-17-32)33-18-10-5-11-19-33/h3-12,14-21,28-30,36-37H,13,22-27H2,1-2H3,(H,40,43)(H,41,44). The summed E-state index contributed by atoms with van der Waals surface area (Å²) in [5.41, 5.74) is 5.34. The average molecular weight is 588 g/mol. The second-order valence-electron chi connectivity index (χ2n) is 12.3. The van der Waals surface area contributed by atoms with Gasteiger partial charge in [-0.15, -0.1) is 0 Å². The van der Waals surface area contributed by atoms with E-state index in [1.54, 1.807) is 0 Å². The Morgan fingerprint density at radius 1 is 0.727 bits per heavy atom. The first-order valence-electron chi connectivity index (χ1n) is 16.1. The zero-order chi connectivity index (χ0) is 30.7. The van der Waals surface area contributed by atoms with E-state index in [9.17, 15) is 9.59 Å². The molecule has 1 fully saturated rings. The van der Waals surface area contributed by atoms with Gasteiger partial charge >= 0.3 is 0 Å². The van der Waals surface area contributed by atoms with Crippen LogP contribution in [0, 0.1) is 5.92 Å².